The molecule has 23 heavy (non-hydrogen) atoms. The lowest BCUT2D eigenvalue weighted by Gasteiger charge is -2.08. The average Bonchev–Trinajstić information content (AvgIpc) is 2.48. The first-order valence-electron chi connectivity index (χ1n) is 6.79. The fourth-order valence-corrected chi connectivity index (χ4v) is 2.50. The van der Waals surface area contributed by atoms with Crippen LogP contribution < -0.4 is 10.7 Å². The van der Waals surface area contributed by atoms with Crippen molar-refractivity contribution in [3.8, 4) is 11.5 Å². The van der Waals surface area contributed by atoms with E-state index in [2.05, 4.69) is 38.4 Å². The SMILES string of the molecule is Cc1cc(I)ccc1NCC(=O)NN=Cc1ccc(O)cc1O. The summed E-state index contributed by atoms with van der Waals surface area (Å²) >= 11 is 2.23. The zero-order valence-electron chi connectivity index (χ0n) is 12.4. The number of nitrogens with one attached hydrogen (secondary N) is 2. The third-order valence-corrected chi connectivity index (χ3v) is 3.71. The van der Waals surface area contributed by atoms with Gasteiger partial charge in [0.25, 0.3) is 5.91 Å². The van der Waals surface area contributed by atoms with E-state index in [4.69, 9.17) is 0 Å². The highest BCUT2D eigenvalue weighted by atomic mass is 127. The first-order valence-corrected chi connectivity index (χ1v) is 7.87. The van der Waals surface area contributed by atoms with Gasteiger partial charge in [-0.25, -0.2) is 5.43 Å². The summed E-state index contributed by atoms with van der Waals surface area (Å²) < 4.78 is 1.13. The molecular formula is C16H16IN3O3. The lowest BCUT2D eigenvalue weighted by atomic mass is 10.2. The van der Waals surface area contributed by atoms with Crippen LogP contribution in [0.3, 0.4) is 0 Å². The lowest BCUT2D eigenvalue weighted by Crippen LogP contribution is -2.26. The molecule has 2 aromatic carbocycles. The van der Waals surface area contributed by atoms with E-state index >= 15 is 0 Å². The number of phenolic OH excluding ortho intramolecular Hbond substituents is 2. The Hall–Kier alpha value is -2.29. The van der Waals surface area contributed by atoms with E-state index in [0.29, 0.717) is 5.56 Å². The van der Waals surface area contributed by atoms with Crippen LogP contribution in [0.2, 0.25) is 0 Å². The predicted octanol–water partition coefficient (Wildman–Crippen LogP) is 2.57. The number of benzene rings is 2. The molecule has 120 valence electrons. The van der Waals surface area contributed by atoms with Crippen LogP contribution in [-0.4, -0.2) is 28.9 Å². The molecule has 0 saturated carbocycles. The molecule has 2 rings (SSSR count). The zero-order chi connectivity index (χ0) is 16.8. The third kappa shape index (κ3) is 5.13. The van der Waals surface area contributed by atoms with Gasteiger partial charge in [-0.05, 0) is 65.4 Å². The van der Waals surface area contributed by atoms with Gasteiger partial charge in [-0.1, -0.05) is 0 Å². The quantitative estimate of drug-likeness (QED) is 0.337. The van der Waals surface area contributed by atoms with Crippen molar-refractivity contribution in [3.63, 3.8) is 0 Å². The molecule has 0 spiro atoms. The molecule has 0 unspecified atom stereocenters. The molecule has 0 fully saturated rings. The molecule has 0 atom stereocenters. The van der Waals surface area contributed by atoms with Crippen molar-refractivity contribution in [2.24, 2.45) is 5.10 Å². The number of carbonyl (C=O) groups is 1. The van der Waals surface area contributed by atoms with Crippen molar-refractivity contribution in [1.82, 2.24) is 5.43 Å². The monoisotopic (exact) mass is 425 g/mol. The third-order valence-electron chi connectivity index (χ3n) is 3.03. The Labute approximate surface area is 147 Å². The van der Waals surface area contributed by atoms with E-state index in [-0.39, 0.29) is 24.0 Å². The Bertz CT molecular complexity index is 747. The molecule has 4 N–H and O–H groups in total. The van der Waals surface area contributed by atoms with Gasteiger partial charge in [0.15, 0.2) is 0 Å². The Morgan fingerprint density at radius 1 is 1.26 bits per heavy atom. The summed E-state index contributed by atoms with van der Waals surface area (Å²) in [4.78, 5) is 11.7. The standard InChI is InChI=1S/C16H16IN3O3/c1-10-6-12(17)3-5-14(10)18-9-16(23)20-19-8-11-2-4-13(21)7-15(11)22/h2-8,18,21-22H,9H2,1H3,(H,20,23). The molecule has 2 aromatic rings. The molecule has 1 amide bonds. The van der Waals surface area contributed by atoms with Gasteiger partial charge in [0.2, 0.25) is 0 Å². The summed E-state index contributed by atoms with van der Waals surface area (Å²) in [6.45, 7) is 2.05. The maximum Gasteiger partial charge on any atom is 0.259 e. The van der Waals surface area contributed by atoms with Gasteiger partial charge in [-0.3, -0.25) is 4.79 Å². The molecule has 0 aromatic heterocycles. The van der Waals surface area contributed by atoms with Crippen molar-refractivity contribution in [2.75, 3.05) is 11.9 Å². The van der Waals surface area contributed by atoms with Gasteiger partial charge in [0.05, 0.1) is 12.8 Å². The maximum absolute atomic E-state index is 11.7. The molecule has 0 aliphatic carbocycles. The van der Waals surface area contributed by atoms with Gasteiger partial charge < -0.3 is 15.5 Å². The first kappa shape index (κ1) is 17.1. The van der Waals surface area contributed by atoms with Gasteiger partial charge >= 0.3 is 0 Å². The summed E-state index contributed by atoms with van der Waals surface area (Å²) in [6, 6.07) is 10.0. The summed E-state index contributed by atoms with van der Waals surface area (Å²) in [5, 5.41) is 25.6. The van der Waals surface area contributed by atoms with Crippen LogP contribution in [0.25, 0.3) is 0 Å². The number of aryl methyl sites for hydroxylation is 1. The number of amides is 1. The zero-order valence-corrected chi connectivity index (χ0v) is 14.5. The first-order chi connectivity index (χ1) is 11.0. The molecular weight excluding hydrogens is 409 g/mol. The average molecular weight is 425 g/mol. The van der Waals surface area contributed by atoms with Crippen LogP contribution in [0.1, 0.15) is 11.1 Å². The van der Waals surface area contributed by atoms with Crippen LogP contribution in [0.15, 0.2) is 41.5 Å². The van der Waals surface area contributed by atoms with Gasteiger partial charge in [-0.15, -0.1) is 0 Å². The van der Waals surface area contributed by atoms with E-state index < -0.39 is 0 Å². The van der Waals surface area contributed by atoms with Gasteiger partial charge in [-0.2, -0.15) is 5.10 Å². The normalized spacial score (nSPS) is 10.7. The number of halogens is 1. The minimum Gasteiger partial charge on any atom is -0.508 e. The largest absolute Gasteiger partial charge is 0.508 e. The lowest BCUT2D eigenvalue weighted by molar-refractivity contribution is -0.119. The summed E-state index contributed by atoms with van der Waals surface area (Å²) in [7, 11) is 0. The Balaban J connectivity index is 1.86. The molecule has 0 saturated heterocycles. The van der Waals surface area contributed by atoms with Gasteiger partial charge in [0, 0.05) is 20.9 Å². The Kier molecular flexibility index (Phi) is 5.80. The van der Waals surface area contributed by atoms with Crippen LogP contribution in [0.4, 0.5) is 5.69 Å². The summed E-state index contributed by atoms with van der Waals surface area (Å²) in [6.07, 6.45) is 1.31. The number of phenols is 2. The van der Waals surface area contributed by atoms with Crippen molar-refractivity contribution in [3.05, 3.63) is 51.1 Å². The van der Waals surface area contributed by atoms with E-state index in [1.807, 2.05) is 25.1 Å². The number of aromatic hydroxyl groups is 2. The Morgan fingerprint density at radius 3 is 2.74 bits per heavy atom. The number of hydrogen-bond acceptors (Lipinski definition) is 5. The Morgan fingerprint density at radius 2 is 2.04 bits per heavy atom. The second-order valence-corrected chi connectivity index (χ2v) is 6.09. The van der Waals surface area contributed by atoms with Crippen molar-refractivity contribution >= 4 is 40.4 Å². The fourth-order valence-electron chi connectivity index (χ4n) is 1.86. The number of hydrogen-bond donors (Lipinski definition) is 4. The van der Waals surface area contributed by atoms with Crippen LogP contribution in [0.5, 0.6) is 11.5 Å². The smallest absolute Gasteiger partial charge is 0.259 e. The molecule has 6 nitrogen and oxygen atoms in total. The van der Waals surface area contributed by atoms with Crippen LogP contribution in [-0.2, 0) is 4.79 Å². The highest BCUT2D eigenvalue weighted by Crippen LogP contribution is 2.20. The minimum absolute atomic E-state index is 0.0409. The molecule has 0 radical (unpaired) electrons. The van der Waals surface area contributed by atoms with E-state index in [1.165, 1.54) is 24.4 Å². The van der Waals surface area contributed by atoms with Gasteiger partial charge in [0.1, 0.15) is 11.5 Å². The summed E-state index contributed by atoms with van der Waals surface area (Å²) in [5.41, 5.74) is 4.71. The van der Waals surface area contributed by atoms with E-state index in [1.54, 1.807) is 0 Å². The molecule has 0 aliphatic heterocycles. The second-order valence-electron chi connectivity index (χ2n) is 4.85. The van der Waals surface area contributed by atoms with Crippen molar-refractivity contribution < 1.29 is 15.0 Å². The maximum atomic E-state index is 11.7. The molecule has 0 aliphatic rings. The number of hydrazone groups is 1. The fraction of sp³-hybridized carbons (Fsp3) is 0.125. The van der Waals surface area contributed by atoms with Crippen molar-refractivity contribution in [1.29, 1.82) is 0 Å². The predicted molar refractivity (Wildman–Crippen MR) is 97.9 cm³/mol. The van der Waals surface area contributed by atoms with E-state index in [9.17, 15) is 15.0 Å². The number of rotatable bonds is 5. The summed E-state index contributed by atoms with van der Waals surface area (Å²) in [5.74, 6) is -0.464. The molecule has 0 bridgehead atoms. The highest BCUT2D eigenvalue weighted by molar-refractivity contribution is 14.1. The number of carbonyl (C=O) groups excluding carboxylic acids is 1. The second kappa shape index (κ2) is 7.82. The topological polar surface area (TPSA) is 94.0 Å². The van der Waals surface area contributed by atoms with Crippen molar-refractivity contribution in [2.45, 2.75) is 6.92 Å². The number of nitrogens with zero attached hydrogens (tertiary/aromatic N) is 1. The van der Waals surface area contributed by atoms with Crippen LogP contribution in [0, 0.1) is 10.5 Å². The minimum atomic E-state index is -0.308. The molecule has 7 heteroatoms. The van der Waals surface area contributed by atoms with Crippen LogP contribution >= 0.6 is 22.6 Å². The number of anilines is 1. The van der Waals surface area contributed by atoms with E-state index in [0.717, 1.165) is 14.8 Å². The molecule has 0 heterocycles. The highest BCUT2D eigenvalue weighted by Gasteiger charge is 2.03.